The van der Waals surface area contributed by atoms with E-state index in [-0.39, 0.29) is 0 Å². The first-order valence-corrected chi connectivity index (χ1v) is 6.95. The Morgan fingerprint density at radius 2 is 2.26 bits per heavy atom. The van der Waals surface area contributed by atoms with E-state index in [1.807, 2.05) is 32.1 Å². The molecule has 100 valence electrons. The third-order valence-electron chi connectivity index (χ3n) is 3.07. The number of hydrogen-bond donors (Lipinski definition) is 1. The summed E-state index contributed by atoms with van der Waals surface area (Å²) >= 11 is 5.29. The van der Waals surface area contributed by atoms with Gasteiger partial charge < -0.3 is 0 Å². The topological polar surface area (TPSA) is 36.8 Å². The van der Waals surface area contributed by atoms with Gasteiger partial charge in [-0.2, -0.15) is 5.10 Å². The maximum Gasteiger partial charge on any atom is 0.134 e. The van der Waals surface area contributed by atoms with Crippen LogP contribution in [0.1, 0.15) is 33.1 Å². The summed E-state index contributed by atoms with van der Waals surface area (Å²) in [4.78, 5) is 4.93. The lowest BCUT2D eigenvalue weighted by molar-refractivity contribution is 1.04. The molecule has 1 N–H and O–H groups in total. The molecule has 3 nitrogen and oxygen atoms in total. The van der Waals surface area contributed by atoms with Gasteiger partial charge in [0.05, 0.1) is 0 Å². The van der Waals surface area contributed by atoms with Crippen LogP contribution in [0.2, 0.25) is 0 Å². The van der Waals surface area contributed by atoms with E-state index in [2.05, 4.69) is 22.1 Å². The summed E-state index contributed by atoms with van der Waals surface area (Å²) in [5, 5.41) is 4.30. The van der Waals surface area contributed by atoms with Crippen molar-refractivity contribution < 1.29 is 0 Å². The molecule has 2 aliphatic rings. The monoisotopic (exact) mass is 273 g/mol. The molecule has 4 heteroatoms. The second-order valence-corrected chi connectivity index (χ2v) is 5.33. The Balaban J connectivity index is 1.94. The van der Waals surface area contributed by atoms with Gasteiger partial charge >= 0.3 is 0 Å². The van der Waals surface area contributed by atoms with Crippen molar-refractivity contribution >= 4 is 28.8 Å². The molecule has 0 saturated heterocycles. The Morgan fingerprint density at radius 3 is 2.89 bits per heavy atom. The Bertz CT molecular complexity index is 520. The van der Waals surface area contributed by atoms with Gasteiger partial charge in [-0.05, 0) is 38.7 Å². The Labute approximate surface area is 119 Å². The summed E-state index contributed by atoms with van der Waals surface area (Å²) in [5.74, 6) is 1.51. The van der Waals surface area contributed by atoms with Gasteiger partial charge in [-0.25, -0.2) is 4.99 Å². The van der Waals surface area contributed by atoms with Crippen LogP contribution in [-0.4, -0.2) is 16.5 Å². The maximum atomic E-state index is 5.29. The molecule has 19 heavy (non-hydrogen) atoms. The van der Waals surface area contributed by atoms with Crippen molar-refractivity contribution in [3.8, 4) is 0 Å². The summed E-state index contributed by atoms with van der Waals surface area (Å²) in [6.45, 7) is 7.96. The van der Waals surface area contributed by atoms with Gasteiger partial charge in [0.25, 0.3) is 0 Å². The third-order valence-corrected chi connectivity index (χ3v) is 3.42. The summed E-state index contributed by atoms with van der Waals surface area (Å²) in [7, 11) is 0. The normalized spacial score (nSPS) is 21.7. The van der Waals surface area contributed by atoms with Crippen LogP contribution in [0.15, 0.2) is 46.0 Å². The highest BCUT2D eigenvalue weighted by Crippen LogP contribution is 2.32. The highest BCUT2D eigenvalue weighted by atomic mass is 32.1. The quantitative estimate of drug-likeness (QED) is 0.483. The molecule has 0 amide bonds. The van der Waals surface area contributed by atoms with Crippen LogP contribution in [0.3, 0.4) is 0 Å². The molecule has 0 spiro atoms. The van der Waals surface area contributed by atoms with Crippen molar-refractivity contribution in [3.63, 3.8) is 0 Å². The first-order valence-electron chi connectivity index (χ1n) is 6.54. The number of hydrogen-bond acceptors (Lipinski definition) is 2. The smallest absolute Gasteiger partial charge is 0.134 e. The van der Waals surface area contributed by atoms with E-state index in [1.54, 1.807) is 0 Å². The number of nitrogens with zero attached hydrogens (tertiary/aromatic N) is 2. The number of amidine groups is 1. The zero-order valence-corrected chi connectivity index (χ0v) is 12.3. The SMILES string of the molecule is C=C(/C=C(C)\C=C/C)C(=S)N=C1CC(C2CC2)=NN1. The lowest BCUT2D eigenvalue weighted by Crippen LogP contribution is -2.13. The van der Waals surface area contributed by atoms with E-state index in [0.717, 1.165) is 23.4 Å². The van der Waals surface area contributed by atoms with Crippen LogP contribution in [0.25, 0.3) is 0 Å². The molecular formula is C15H19N3S. The van der Waals surface area contributed by atoms with E-state index in [1.165, 1.54) is 18.6 Å². The first-order chi connectivity index (χ1) is 9.10. The number of allylic oxidation sites excluding steroid dienone is 3. The van der Waals surface area contributed by atoms with Crippen molar-refractivity contribution in [1.29, 1.82) is 0 Å². The molecule has 0 aromatic rings. The Morgan fingerprint density at radius 1 is 1.53 bits per heavy atom. The number of aliphatic imine (C=N–C) groups is 1. The van der Waals surface area contributed by atoms with Crippen LogP contribution < -0.4 is 5.43 Å². The molecule has 1 heterocycles. The minimum Gasteiger partial charge on any atom is -0.265 e. The van der Waals surface area contributed by atoms with Gasteiger partial charge in [0.2, 0.25) is 0 Å². The van der Waals surface area contributed by atoms with Crippen LogP contribution >= 0.6 is 12.2 Å². The number of rotatable bonds is 4. The van der Waals surface area contributed by atoms with Gasteiger partial charge in [-0.1, -0.05) is 36.5 Å². The largest absolute Gasteiger partial charge is 0.265 e. The molecule has 1 fully saturated rings. The molecule has 0 aromatic carbocycles. The fourth-order valence-electron chi connectivity index (χ4n) is 1.95. The van der Waals surface area contributed by atoms with Crippen LogP contribution in [-0.2, 0) is 0 Å². The fourth-order valence-corrected chi connectivity index (χ4v) is 2.11. The molecular weight excluding hydrogens is 254 g/mol. The minimum atomic E-state index is 0.526. The molecule has 0 radical (unpaired) electrons. The average molecular weight is 273 g/mol. The van der Waals surface area contributed by atoms with E-state index >= 15 is 0 Å². The molecule has 1 aliphatic heterocycles. The van der Waals surface area contributed by atoms with Crippen molar-refractivity contribution in [2.45, 2.75) is 33.1 Å². The van der Waals surface area contributed by atoms with E-state index in [0.29, 0.717) is 10.9 Å². The first kappa shape index (κ1) is 13.9. The highest BCUT2D eigenvalue weighted by Gasteiger charge is 2.31. The molecule has 1 aliphatic carbocycles. The van der Waals surface area contributed by atoms with Crippen molar-refractivity contribution in [3.05, 3.63) is 36.0 Å². The molecule has 1 saturated carbocycles. The third kappa shape index (κ3) is 3.96. The van der Waals surface area contributed by atoms with Crippen LogP contribution in [0.4, 0.5) is 0 Å². The second-order valence-electron chi connectivity index (χ2n) is 4.94. The van der Waals surface area contributed by atoms with Gasteiger partial charge in [0.1, 0.15) is 10.8 Å². The lowest BCUT2D eigenvalue weighted by Gasteiger charge is -2.01. The number of hydrazone groups is 1. The number of nitrogens with one attached hydrogen (secondary N) is 1. The second kappa shape index (κ2) is 6.06. The molecule has 0 aromatic heterocycles. The van der Waals surface area contributed by atoms with Gasteiger partial charge in [0, 0.05) is 17.7 Å². The zero-order valence-electron chi connectivity index (χ0n) is 11.4. The maximum absolute atomic E-state index is 5.29. The van der Waals surface area contributed by atoms with Crippen LogP contribution in [0.5, 0.6) is 0 Å². The van der Waals surface area contributed by atoms with Crippen LogP contribution in [0, 0.1) is 5.92 Å². The van der Waals surface area contributed by atoms with E-state index < -0.39 is 0 Å². The fraction of sp³-hybridized carbons (Fsp3) is 0.400. The van der Waals surface area contributed by atoms with Crippen molar-refractivity contribution in [2.75, 3.05) is 0 Å². The molecule has 0 unspecified atom stereocenters. The Hall–Kier alpha value is -1.55. The van der Waals surface area contributed by atoms with Crippen molar-refractivity contribution in [2.24, 2.45) is 16.0 Å². The van der Waals surface area contributed by atoms with E-state index in [4.69, 9.17) is 12.2 Å². The molecule has 0 atom stereocenters. The summed E-state index contributed by atoms with van der Waals surface area (Å²) in [6.07, 6.45) is 9.28. The zero-order chi connectivity index (χ0) is 13.8. The lowest BCUT2D eigenvalue weighted by atomic mass is 10.1. The van der Waals surface area contributed by atoms with Gasteiger partial charge in [-0.3, -0.25) is 5.43 Å². The summed E-state index contributed by atoms with van der Waals surface area (Å²) in [5.41, 5.74) is 6.06. The molecule has 0 bridgehead atoms. The number of thiocarbonyl (C=S) groups is 1. The minimum absolute atomic E-state index is 0.526. The van der Waals surface area contributed by atoms with Gasteiger partial charge in [-0.15, -0.1) is 0 Å². The highest BCUT2D eigenvalue weighted by molar-refractivity contribution is 7.80. The molecule has 2 rings (SSSR count). The average Bonchev–Trinajstić information content (AvgIpc) is 3.10. The van der Waals surface area contributed by atoms with Crippen molar-refractivity contribution in [1.82, 2.24) is 5.43 Å². The predicted octanol–water partition coefficient (Wildman–Crippen LogP) is 3.55. The van der Waals surface area contributed by atoms with E-state index in [9.17, 15) is 0 Å². The summed E-state index contributed by atoms with van der Waals surface area (Å²) < 4.78 is 0. The predicted molar refractivity (Wildman–Crippen MR) is 85.7 cm³/mol. The summed E-state index contributed by atoms with van der Waals surface area (Å²) in [6, 6.07) is 0. The standard InChI is InChI=1S/C15H19N3S/c1-4-5-10(2)8-11(3)15(19)16-14-9-13(17-18-14)12-6-7-12/h4-5,8,12H,3,6-7,9H2,1-2H3,(H,16,18,19)/b5-4-,10-8-. The van der Waals surface area contributed by atoms with Gasteiger partial charge in [0.15, 0.2) is 0 Å². The Kier molecular flexibility index (Phi) is 4.43.